The molecule has 5 heteroatoms. The van der Waals surface area contributed by atoms with Crippen molar-refractivity contribution in [1.29, 1.82) is 0 Å². The zero-order valence-corrected chi connectivity index (χ0v) is 14.2. The van der Waals surface area contributed by atoms with Crippen molar-refractivity contribution in [1.82, 2.24) is 0 Å². The Balaban J connectivity index is 2.20. The van der Waals surface area contributed by atoms with Crippen LogP contribution in [-0.2, 0) is 10.2 Å². The molecule has 0 amide bonds. The Morgan fingerprint density at radius 2 is 1.96 bits per heavy atom. The number of aliphatic hydroxyl groups is 1. The minimum atomic E-state index is -0.918. The van der Waals surface area contributed by atoms with E-state index in [0.29, 0.717) is 16.7 Å². The molecule has 1 atom stereocenters. The Morgan fingerprint density at radius 3 is 2.58 bits per heavy atom. The van der Waals surface area contributed by atoms with E-state index in [4.69, 9.17) is 9.15 Å². The van der Waals surface area contributed by atoms with Crippen LogP contribution in [0.3, 0.4) is 0 Å². The smallest absolute Gasteiger partial charge is 0.342 e. The summed E-state index contributed by atoms with van der Waals surface area (Å²) in [5.74, 6) is -0.771. The Hall–Kier alpha value is -2.40. The highest BCUT2D eigenvalue weighted by Gasteiger charge is 2.45. The van der Waals surface area contributed by atoms with Gasteiger partial charge in [0.15, 0.2) is 5.76 Å². The number of benzene rings is 1. The van der Waals surface area contributed by atoms with Crippen molar-refractivity contribution in [2.75, 3.05) is 6.61 Å². The average Bonchev–Trinajstić information content (AvgIpc) is 2.97. The predicted molar refractivity (Wildman–Crippen MR) is 87.3 cm³/mol. The van der Waals surface area contributed by atoms with Crippen LogP contribution in [0.15, 0.2) is 34.9 Å². The van der Waals surface area contributed by atoms with E-state index < -0.39 is 17.0 Å². The van der Waals surface area contributed by atoms with Gasteiger partial charge in [0.05, 0.1) is 6.61 Å². The first-order valence-corrected chi connectivity index (χ1v) is 7.79. The molecule has 24 heavy (non-hydrogen) atoms. The highest BCUT2D eigenvalue weighted by atomic mass is 16.6. The molecule has 0 saturated heterocycles. The normalized spacial score (nSPS) is 19.6. The number of ether oxygens (including phenoxy) is 1. The topological polar surface area (TPSA) is 76.7 Å². The summed E-state index contributed by atoms with van der Waals surface area (Å²) in [6.45, 7) is 6.83. The van der Waals surface area contributed by atoms with Gasteiger partial charge >= 0.3 is 5.97 Å². The molecule has 0 radical (unpaired) electrons. The van der Waals surface area contributed by atoms with Gasteiger partial charge in [0.1, 0.15) is 17.4 Å². The van der Waals surface area contributed by atoms with Crippen molar-refractivity contribution in [2.45, 2.75) is 38.7 Å². The molecule has 0 saturated carbocycles. The van der Waals surface area contributed by atoms with Gasteiger partial charge in [-0.3, -0.25) is 4.79 Å². The quantitative estimate of drug-likeness (QED) is 0.857. The number of furan rings is 1. The van der Waals surface area contributed by atoms with Gasteiger partial charge in [-0.05, 0) is 33.3 Å². The van der Waals surface area contributed by atoms with Crippen molar-refractivity contribution in [3.63, 3.8) is 0 Å². The van der Waals surface area contributed by atoms with Gasteiger partial charge in [-0.1, -0.05) is 24.3 Å². The second-order valence-corrected chi connectivity index (χ2v) is 7.22. The van der Waals surface area contributed by atoms with E-state index in [1.165, 1.54) is 6.26 Å². The first kappa shape index (κ1) is 16.5. The van der Waals surface area contributed by atoms with E-state index in [-0.39, 0.29) is 23.7 Å². The largest absolute Gasteiger partial charge is 0.460 e. The van der Waals surface area contributed by atoms with Crippen molar-refractivity contribution < 1.29 is 23.8 Å². The first-order chi connectivity index (χ1) is 11.2. The Bertz CT molecular complexity index is 825. The maximum absolute atomic E-state index is 12.7. The zero-order chi connectivity index (χ0) is 17.7. The lowest BCUT2D eigenvalue weighted by atomic mass is 9.69. The molecule has 3 rings (SSSR count). The van der Waals surface area contributed by atoms with Gasteiger partial charge in [0.2, 0.25) is 5.78 Å². The fraction of sp³-hybridized carbons (Fsp3) is 0.368. The van der Waals surface area contributed by atoms with Crippen LogP contribution in [0.1, 0.15) is 65.3 Å². The van der Waals surface area contributed by atoms with Crippen LogP contribution in [0.5, 0.6) is 0 Å². The number of fused-ring (bicyclic) bond motifs is 2. The van der Waals surface area contributed by atoms with Gasteiger partial charge < -0.3 is 14.3 Å². The number of hydrogen-bond donors (Lipinski definition) is 1. The lowest BCUT2D eigenvalue weighted by molar-refractivity contribution is 0.00662. The summed E-state index contributed by atoms with van der Waals surface area (Å²) in [6.07, 6.45) is 1.25. The lowest BCUT2D eigenvalue weighted by Gasteiger charge is -2.34. The second-order valence-electron chi connectivity index (χ2n) is 7.22. The molecule has 1 aliphatic carbocycles. The van der Waals surface area contributed by atoms with Crippen LogP contribution >= 0.6 is 0 Å². The number of carbonyl (C=O) groups is 2. The third kappa shape index (κ3) is 2.36. The van der Waals surface area contributed by atoms with Gasteiger partial charge in [-0.15, -0.1) is 0 Å². The van der Waals surface area contributed by atoms with Gasteiger partial charge in [0.25, 0.3) is 0 Å². The number of ketones is 1. The van der Waals surface area contributed by atoms with E-state index in [9.17, 15) is 14.7 Å². The summed E-state index contributed by atoms with van der Waals surface area (Å²) in [5, 5.41) is 10.1. The van der Waals surface area contributed by atoms with Crippen molar-refractivity contribution in [3.05, 3.63) is 58.5 Å². The van der Waals surface area contributed by atoms with Crippen molar-refractivity contribution >= 4 is 11.8 Å². The summed E-state index contributed by atoms with van der Waals surface area (Å²) in [4.78, 5) is 25.2. The first-order valence-electron chi connectivity index (χ1n) is 7.79. The summed E-state index contributed by atoms with van der Waals surface area (Å²) >= 11 is 0. The van der Waals surface area contributed by atoms with E-state index in [2.05, 4.69) is 0 Å². The van der Waals surface area contributed by atoms with Gasteiger partial charge in [-0.25, -0.2) is 4.79 Å². The molecule has 5 nitrogen and oxygen atoms in total. The van der Waals surface area contributed by atoms with E-state index >= 15 is 0 Å². The maximum Gasteiger partial charge on any atom is 0.342 e. The Labute approximate surface area is 140 Å². The van der Waals surface area contributed by atoms with Crippen LogP contribution in [0.2, 0.25) is 0 Å². The van der Waals surface area contributed by atoms with E-state index in [1.54, 1.807) is 52.0 Å². The van der Waals surface area contributed by atoms with Crippen LogP contribution in [0, 0.1) is 0 Å². The molecule has 126 valence electrons. The summed E-state index contributed by atoms with van der Waals surface area (Å²) < 4.78 is 10.8. The molecule has 0 spiro atoms. The van der Waals surface area contributed by atoms with E-state index in [1.807, 2.05) is 0 Å². The molecule has 0 bridgehead atoms. The van der Waals surface area contributed by atoms with Crippen LogP contribution in [0.4, 0.5) is 0 Å². The molecule has 0 fully saturated rings. The van der Waals surface area contributed by atoms with Gasteiger partial charge in [-0.2, -0.15) is 0 Å². The molecular formula is C19H20O5. The van der Waals surface area contributed by atoms with Gasteiger partial charge in [0, 0.05) is 16.5 Å². The lowest BCUT2D eigenvalue weighted by Crippen LogP contribution is -2.37. The summed E-state index contributed by atoms with van der Waals surface area (Å²) in [7, 11) is 0. The van der Waals surface area contributed by atoms with Crippen LogP contribution in [0.25, 0.3) is 0 Å². The number of aliphatic hydroxyl groups excluding tert-OH is 1. The molecule has 1 aromatic carbocycles. The summed E-state index contributed by atoms with van der Waals surface area (Å²) in [6, 6.07) is 7.05. The number of carbonyl (C=O) groups excluding carboxylic acids is 2. The zero-order valence-electron chi connectivity index (χ0n) is 14.2. The molecule has 1 aromatic heterocycles. The maximum atomic E-state index is 12.7. The Kier molecular flexibility index (Phi) is 3.64. The number of rotatable bonds is 2. The molecule has 1 heterocycles. The Morgan fingerprint density at radius 1 is 1.29 bits per heavy atom. The molecule has 2 aromatic rings. The standard InChI is InChI=1S/C19H20O5/c1-18(2,3)24-17(22)12-9-23-16-14(12)19(4,10-20)13-8-6-5-7-11(13)15(16)21/h5-9,20H,10H2,1-4H3/t19-/m1/s1. The molecule has 0 unspecified atom stereocenters. The van der Waals surface area contributed by atoms with E-state index in [0.717, 1.165) is 0 Å². The number of esters is 1. The fourth-order valence-electron chi connectivity index (χ4n) is 3.14. The average molecular weight is 328 g/mol. The minimum Gasteiger partial charge on any atom is -0.460 e. The highest BCUT2D eigenvalue weighted by molar-refractivity contribution is 6.13. The molecule has 1 aliphatic rings. The SMILES string of the molecule is CC(C)(C)OC(=O)c1coc2c1[C@](C)(CO)c1ccccc1C2=O. The summed E-state index contributed by atoms with van der Waals surface area (Å²) in [5.41, 5.74) is 0.136. The monoisotopic (exact) mass is 328 g/mol. The minimum absolute atomic E-state index is 0.0890. The fourth-order valence-corrected chi connectivity index (χ4v) is 3.14. The van der Waals surface area contributed by atoms with Crippen molar-refractivity contribution in [2.24, 2.45) is 0 Å². The third-order valence-corrected chi connectivity index (χ3v) is 4.25. The third-order valence-electron chi connectivity index (χ3n) is 4.25. The molecular weight excluding hydrogens is 308 g/mol. The second kappa shape index (κ2) is 5.31. The van der Waals surface area contributed by atoms with Crippen molar-refractivity contribution in [3.8, 4) is 0 Å². The van der Waals surface area contributed by atoms with Crippen LogP contribution in [-0.4, -0.2) is 29.1 Å². The predicted octanol–water partition coefficient (Wildman–Crippen LogP) is 3.08. The highest BCUT2D eigenvalue weighted by Crippen LogP contribution is 2.44. The molecule has 1 N–H and O–H groups in total. The molecule has 0 aliphatic heterocycles. The number of hydrogen-bond acceptors (Lipinski definition) is 5. The van der Waals surface area contributed by atoms with Crippen LogP contribution < -0.4 is 0 Å².